The fourth-order valence-electron chi connectivity index (χ4n) is 4.60. The van der Waals surface area contributed by atoms with Gasteiger partial charge in [-0.05, 0) is 37.8 Å². The third kappa shape index (κ3) is 3.42. The fraction of sp³-hybridized carbons (Fsp3) is 0.600. The first-order chi connectivity index (χ1) is 13.0. The van der Waals surface area contributed by atoms with Crippen molar-refractivity contribution in [2.24, 2.45) is 11.8 Å². The number of nitrogens with zero attached hydrogens (tertiary/aromatic N) is 4. The van der Waals surface area contributed by atoms with Crippen LogP contribution in [0.4, 0.5) is 0 Å². The van der Waals surface area contributed by atoms with Crippen LogP contribution in [0.3, 0.4) is 0 Å². The maximum atomic E-state index is 13.1. The first kappa shape index (κ1) is 17.9. The highest BCUT2D eigenvalue weighted by Crippen LogP contribution is 2.30. The Labute approximate surface area is 159 Å². The first-order valence-corrected chi connectivity index (χ1v) is 9.79. The van der Waals surface area contributed by atoms with Gasteiger partial charge >= 0.3 is 0 Å². The van der Waals surface area contributed by atoms with Crippen molar-refractivity contribution in [3.63, 3.8) is 0 Å². The van der Waals surface area contributed by atoms with Crippen LogP contribution in [0.5, 0.6) is 0 Å². The number of pyridine rings is 1. The summed E-state index contributed by atoms with van der Waals surface area (Å²) in [4.78, 5) is 47.5. The van der Waals surface area contributed by atoms with Gasteiger partial charge in [0, 0.05) is 63.1 Å². The molecule has 1 aromatic heterocycles. The number of piperidine rings is 2. The maximum absolute atomic E-state index is 13.1. The van der Waals surface area contributed by atoms with Crippen molar-refractivity contribution in [3.8, 4) is 0 Å². The van der Waals surface area contributed by atoms with Gasteiger partial charge in [0.25, 0.3) is 5.91 Å². The number of amides is 3. The molecule has 144 valence electrons. The van der Waals surface area contributed by atoms with Gasteiger partial charge < -0.3 is 14.7 Å². The largest absolute Gasteiger partial charge is 0.341 e. The summed E-state index contributed by atoms with van der Waals surface area (Å²) in [5.74, 6) is 0.240. The zero-order chi connectivity index (χ0) is 19.0. The minimum absolute atomic E-state index is 0.00309. The van der Waals surface area contributed by atoms with Crippen LogP contribution in [0.25, 0.3) is 0 Å². The van der Waals surface area contributed by atoms with E-state index in [-0.39, 0.29) is 35.6 Å². The molecule has 0 aliphatic carbocycles. The van der Waals surface area contributed by atoms with Gasteiger partial charge in [-0.15, -0.1) is 0 Å². The number of likely N-dealkylation sites (N-methyl/N-ethyl adjacent to an activating group) is 1. The number of fused-ring (bicyclic) bond motifs is 4. The molecule has 4 saturated heterocycles. The van der Waals surface area contributed by atoms with Crippen LogP contribution in [0.1, 0.15) is 36.0 Å². The molecule has 0 N–H and O–H groups in total. The van der Waals surface area contributed by atoms with Gasteiger partial charge in [0.2, 0.25) is 11.8 Å². The Morgan fingerprint density at radius 2 is 1.70 bits per heavy atom. The zero-order valence-electron chi connectivity index (χ0n) is 15.7. The lowest BCUT2D eigenvalue weighted by atomic mass is 9.94. The zero-order valence-corrected chi connectivity index (χ0v) is 15.7. The Hall–Kier alpha value is -2.44. The lowest BCUT2D eigenvalue weighted by Gasteiger charge is -2.34. The topological polar surface area (TPSA) is 73.8 Å². The van der Waals surface area contributed by atoms with Crippen molar-refractivity contribution in [3.05, 3.63) is 30.1 Å². The molecule has 2 bridgehead atoms. The Bertz CT molecular complexity index is 730. The van der Waals surface area contributed by atoms with Crippen molar-refractivity contribution in [1.29, 1.82) is 0 Å². The smallest absolute Gasteiger partial charge is 0.253 e. The number of aromatic nitrogens is 1. The highest BCUT2D eigenvalue weighted by Gasteiger charge is 2.41. The van der Waals surface area contributed by atoms with Gasteiger partial charge in [-0.3, -0.25) is 19.4 Å². The highest BCUT2D eigenvalue weighted by molar-refractivity contribution is 5.94. The summed E-state index contributed by atoms with van der Waals surface area (Å²) in [6.07, 6.45) is 6.48. The van der Waals surface area contributed by atoms with Crippen LogP contribution in [0, 0.1) is 11.8 Å². The molecule has 0 unspecified atom stereocenters. The third-order valence-corrected chi connectivity index (χ3v) is 6.34. The van der Waals surface area contributed by atoms with E-state index in [0.717, 1.165) is 12.8 Å². The van der Waals surface area contributed by atoms with Crippen LogP contribution in [-0.2, 0) is 9.59 Å². The van der Waals surface area contributed by atoms with Gasteiger partial charge in [-0.25, -0.2) is 0 Å². The average molecular weight is 370 g/mol. The lowest BCUT2D eigenvalue weighted by Crippen LogP contribution is -2.47. The maximum Gasteiger partial charge on any atom is 0.253 e. The second-order valence-corrected chi connectivity index (χ2v) is 7.92. The minimum Gasteiger partial charge on any atom is -0.341 e. The lowest BCUT2D eigenvalue weighted by molar-refractivity contribution is -0.138. The molecule has 7 nitrogen and oxygen atoms in total. The molecule has 1 aromatic rings. The number of likely N-dealkylation sites (tertiary alicyclic amines) is 1. The molecule has 0 spiro atoms. The molecular formula is C20H26N4O3. The SMILES string of the molecule is CN1C(=O)[C@@H]2CC[C@H]1CN(C(=O)C1CCN(C(=O)c3ccncc3)CC1)C2. The van der Waals surface area contributed by atoms with Crippen molar-refractivity contribution in [2.75, 3.05) is 33.2 Å². The summed E-state index contributed by atoms with van der Waals surface area (Å²) in [5, 5.41) is 0. The molecular weight excluding hydrogens is 344 g/mol. The number of hydrogen-bond acceptors (Lipinski definition) is 4. The second-order valence-electron chi connectivity index (χ2n) is 7.92. The molecule has 5 rings (SSSR count). The standard InChI is InChI=1S/C20H26N4O3/c1-22-17-3-2-16(18(22)25)12-24(13-17)20(27)15-6-10-23(11-7-15)19(26)14-4-8-21-9-5-14/h4-5,8-9,15-17H,2-3,6-7,10-13H2,1H3/t16-,17+/m1/s1. The Morgan fingerprint density at radius 1 is 1.00 bits per heavy atom. The fourth-order valence-corrected chi connectivity index (χ4v) is 4.60. The van der Waals surface area contributed by atoms with Crippen molar-refractivity contribution in [1.82, 2.24) is 19.7 Å². The average Bonchev–Trinajstić information content (AvgIpc) is 3.01. The highest BCUT2D eigenvalue weighted by atomic mass is 16.2. The molecule has 4 aliphatic rings. The molecule has 0 saturated carbocycles. The molecule has 27 heavy (non-hydrogen) atoms. The molecule has 4 fully saturated rings. The van der Waals surface area contributed by atoms with E-state index in [0.29, 0.717) is 44.6 Å². The summed E-state index contributed by atoms with van der Waals surface area (Å²) in [5.41, 5.74) is 0.639. The number of carbonyl (C=O) groups is 3. The van der Waals surface area contributed by atoms with Gasteiger partial charge in [-0.1, -0.05) is 0 Å². The van der Waals surface area contributed by atoms with Gasteiger partial charge in [-0.2, -0.15) is 0 Å². The summed E-state index contributed by atoms with van der Waals surface area (Å²) < 4.78 is 0. The summed E-state index contributed by atoms with van der Waals surface area (Å²) >= 11 is 0. The predicted octanol–water partition coefficient (Wildman–Crippen LogP) is 1.01. The molecule has 0 aromatic carbocycles. The van der Waals surface area contributed by atoms with E-state index in [1.165, 1.54) is 0 Å². The summed E-state index contributed by atoms with van der Waals surface area (Å²) in [6.45, 7) is 2.39. The number of carbonyl (C=O) groups excluding carboxylic acids is 3. The van der Waals surface area contributed by atoms with E-state index in [1.807, 2.05) is 21.7 Å². The summed E-state index contributed by atoms with van der Waals surface area (Å²) in [6, 6.07) is 3.59. The van der Waals surface area contributed by atoms with Crippen LogP contribution in [0.15, 0.2) is 24.5 Å². The summed E-state index contributed by atoms with van der Waals surface area (Å²) in [7, 11) is 1.86. The van der Waals surface area contributed by atoms with E-state index >= 15 is 0 Å². The number of rotatable bonds is 2. The van der Waals surface area contributed by atoms with E-state index < -0.39 is 0 Å². The molecule has 3 amide bonds. The molecule has 7 heteroatoms. The molecule has 4 aliphatic heterocycles. The van der Waals surface area contributed by atoms with Gasteiger partial charge in [0.05, 0.1) is 5.92 Å². The molecule has 0 radical (unpaired) electrons. The van der Waals surface area contributed by atoms with Gasteiger partial charge in [0.1, 0.15) is 0 Å². The van der Waals surface area contributed by atoms with E-state index in [9.17, 15) is 14.4 Å². The molecule has 5 heterocycles. The van der Waals surface area contributed by atoms with Crippen LogP contribution >= 0.6 is 0 Å². The van der Waals surface area contributed by atoms with Crippen molar-refractivity contribution < 1.29 is 14.4 Å². The second kappa shape index (κ2) is 7.29. The van der Waals surface area contributed by atoms with E-state index in [2.05, 4.69) is 4.98 Å². The van der Waals surface area contributed by atoms with Crippen molar-refractivity contribution in [2.45, 2.75) is 31.7 Å². The van der Waals surface area contributed by atoms with Crippen LogP contribution in [0.2, 0.25) is 0 Å². The van der Waals surface area contributed by atoms with E-state index in [4.69, 9.17) is 0 Å². The monoisotopic (exact) mass is 370 g/mol. The van der Waals surface area contributed by atoms with Crippen LogP contribution < -0.4 is 0 Å². The Kier molecular flexibility index (Phi) is 4.85. The minimum atomic E-state index is -0.0515. The first-order valence-electron chi connectivity index (χ1n) is 9.79. The third-order valence-electron chi connectivity index (χ3n) is 6.34. The van der Waals surface area contributed by atoms with E-state index in [1.54, 1.807) is 24.5 Å². The quantitative estimate of drug-likeness (QED) is 0.779. The predicted molar refractivity (Wildman–Crippen MR) is 98.7 cm³/mol. The normalized spacial score (nSPS) is 26.3. The number of hydrogen-bond donors (Lipinski definition) is 0. The van der Waals surface area contributed by atoms with Gasteiger partial charge in [0.15, 0.2) is 0 Å². The molecule has 2 atom stereocenters. The Morgan fingerprint density at radius 3 is 2.41 bits per heavy atom. The van der Waals surface area contributed by atoms with Crippen LogP contribution in [-0.4, -0.2) is 76.7 Å². The van der Waals surface area contributed by atoms with Crippen molar-refractivity contribution >= 4 is 17.7 Å². The Balaban J connectivity index is 1.36.